The van der Waals surface area contributed by atoms with Crippen LogP contribution < -0.4 is 10.6 Å². The van der Waals surface area contributed by atoms with Crippen LogP contribution in [0.1, 0.15) is 25.7 Å². The van der Waals surface area contributed by atoms with E-state index in [0.717, 1.165) is 29.4 Å². The van der Waals surface area contributed by atoms with E-state index < -0.39 is 0 Å². The lowest BCUT2D eigenvalue weighted by molar-refractivity contribution is 0.332. The molecule has 2 saturated carbocycles. The summed E-state index contributed by atoms with van der Waals surface area (Å²) < 4.78 is 0. The molecule has 0 aromatic heterocycles. The van der Waals surface area contributed by atoms with E-state index in [1.54, 1.807) is 0 Å². The Kier molecular flexibility index (Phi) is 2.72. The topological polar surface area (TPSA) is 24.1 Å². The highest BCUT2D eigenvalue weighted by Crippen LogP contribution is 2.47. The van der Waals surface area contributed by atoms with E-state index in [9.17, 15) is 0 Å². The smallest absolute Gasteiger partial charge is 0.166 e. The fourth-order valence-electron chi connectivity index (χ4n) is 2.94. The van der Waals surface area contributed by atoms with Gasteiger partial charge in [-0.2, -0.15) is 0 Å². The molecular formula is C10H18N2S. The molecule has 0 saturated heterocycles. The zero-order chi connectivity index (χ0) is 9.26. The highest BCUT2D eigenvalue weighted by atomic mass is 32.1. The second kappa shape index (κ2) is 3.82. The maximum atomic E-state index is 5.05. The first-order valence-electron chi connectivity index (χ1n) is 5.25. The van der Waals surface area contributed by atoms with Crippen molar-refractivity contribution in [3.8, 4) is 0 Å². The number of fused-ring (bicyclic) bond motifs is 2. The van der Waals surface area contributed by atoms with Gasteiger partial charge in [-0.3, -0.25) is 0 Å². The summed E-state index contributed by atoms with van der Waals surface area (Å²) >= 11 is 5.05. The van der Waals surface area contributed by atoms with Crippen LogP contribution >= 0.6 is 12.2 Å². The number of nitrogens with one attached hydrogen (secondary N) is 2. The summed E-state index contributed by atoms with van der Waals surface area (Å²) in [6.07, 6.45) is 5.86. The minimum Gasteiger partial charge on any atom is -0.366 e. The molecule has 2 nitrogen and oxygen atoms in total. The lowest BCUT2D eigenvalue weighted by Gasteiger charge is -2.22. The molecule has 13 heavy (non-hydrogen) atoms. The summed E-state index contributed by atoms with van der Waals surface area (Å²) in [5.74, 6) is 2.93. The van der Waals surface area contributed by atoms with Crippen LogP contribution in [0.15, 0.2) is 0 Å². The molecule has 2 N–H and O–H groups in total. The van der Waals surface area contributed by atoms with Crippen molar-refractivity contribution in [2.75, 3.05) is 13.6 Å². The minimum atomic E-state index is 0.794. The summed E-state index contributed by atoms with van der Waals surface area (Å²) in [5, 5.41) is 7.03. The van der Waals surface area contributed by atoms with Crippen LogP contribution in [0.2, 0.25) is 0 Å². The largest absolute Gasteiger partial charge is 0.366 e. The van der Waals surface area contributed by atoms with Gasteiger partial charge in [-0.1, -0.05) is 6.42 Å². The Morgan fingerprint density at radius 3 is 2.77 bits per heavy atom. The van der Waals surface area contributed by atoms with Crippen LogP contribution in [0, 0.1) is 17.8 Å². The van der Waals surface area contributed by atoms with Gasteiger partial charge in [-0.15, -0.1) is 0 Å². The standard InChI is InChI=1S/C10H18N2S/c1-11-10(13)12-6-9-5-7-2-3-8(9)4-7/h7-9H,2-6H2,1H3,(H2,11,12,13). The van der Waals surface area contributed by atoms with Gasteiger partial charge in [0.1, 0.15) is 0 Å². The maximum Gasteiger partial charge on any atom is 0.166 e. The van der Waals surface area contributed by atoms with E-state index >= 15 is 0 Å². The minimum absolute atomic E-state index is 0.794. The van der Waals surface area contributed by atoms with Crippen molar-refractivity contribution >= 4 is 17.3 Å². The van der Waals surface area contributed by atoms with Crippen LogP contribution in [0.4, 0.5) is 0 Å². The molecule has 0 heterocycles. The van der Waals surface area contributed by atoms with Crippen LogP contribution in [-0.4, -0.2) is 18.7 Å². The molecule has 2 rings (SSSR count). The van der Waals surface area contributed by atoms with Crippen molar-refractivity contribution in [1.29, 1.82) is 0 Å². The van der Waals surface area contributed by atoms with Gasteiger partial charge in [-0.05, 0) is 49.2 Å². The summed E-state index contributed by atoms with van der Waals surface area (Å²) in [7, 11) is 1.87. The van der Waals surface area contributed by atoms with Gasteiger partial charge in [0.25, 0.3) is 0 Å². The third-order valence-electron chi connectivity index (χ3n) is 3.64. The molecule has 3 heteroatoms. The van der Waals surface area contributed by atoms with Gasteiger partial charge >= 0.3 is 0 Å². The number of hydrogen-bond acceptors (Lipinski definition) is 1. The molecule has 0 aromatic carbocycles. The molecule has 0 amide bonds. The van der Waals surface area contributed by atoms with Crippen LogP contribution in [0.5, 0.6) is 0 Å². The van der Waals surface area contributed by atoms with E-state index in [1.165, 1.54) is 25.7 Å². The zero-order valence-corrected chi connectivity index (χ0v) is 8.99. The molecule has 2 aliphatic rings. The predicted molar refractivity (Wildman–Crippen MR) is 58.6 cm³/mol. The van der Waals surface area contributed by atoms with Gasteiger partial charge in [0.15, 0.2) is 5.11 Å². The first kappa shape index (κ1) is 9.25. The van der Waals surface area contributed by atoms with Gasteiger partial charge < -0.3 is 10.6 Å². The molecule has 3 unspecified atom stereocenters. The fourth-order valence-corrected chi connectivity index (χ4v) is 3.02. The van der Waals surface area contributed by atoms with Crippen LogP contribution in [0.3, 0.4) is 0 Å². The summed E-state index contributed by atoms with van der Waals surface area (Å²) in [6, 6.07) is 0. The molecule has 0 radical (unpaired) electrons. The lowest BCUT2D eigenvalue weighted by atomic mass is 9.89. The quantitative estimate of drug-likeness (QED) is 0.658. The Bertz CT molecular complexity index is 205. The first-order chi connectivity index (χ1) is 6.29. The molecule has 2 fully saturated rings. The van der Waals surface area contributed by atoms with E-state index in [2.05, 4.69) is 10.6 Å². The molecule has 3 atom stereocenters. The fraction of sp³-hybridized carbons (Fsp3) is 0.900. The number of thiocarbonyl (C=S) groups is 1. The van der Waals surface area contributed by atoms with Crippen molar-refractivity contribution in [2.24, 2.45) is 17.8 Å². The third kappa shape index (κ3) is 1.96. The van der Waals surface area contributed by atoms with Crippen LogP contribution in [0.25, 0.3) is 0 Å². The van der Waals surface area contributed by atoms with Crippen molar-refractivity contribution in [2.45, 2.75) is 25.7 Å². The summed E-state index contributed by atoms with van der Waals surface area (Å²) in [6.45, 7) is 1.08. The second-order valence-corrected chi connectivity index (χ2v) is 4.80. The number of rotatable bonds is 2. The molecule has 74 valence electrons. The molecule has 0 aliphatic heterocycles. The predicted octanol–water partition coefficient (Wildman–Crippen LogP) is 1.52. The molecule has 0 spiro atoms. The average molecular weight is 198 g/mol. The highest BCUT2D eigenvalue weighted by Gasteiger charge is 2.38. The average Bonchev–Trinajstić information content (AvgIpc) is 2.74. The van der Waals surface area contributed by atoms with Crippen molar-refractivity contribution in [3.05, 3.63) is 0 Å². The molecule has 2 bridgehead atoms. The Labute approximate surface area is 85.5 Å². The molecule has 2 aliphatic carbocycles. The molecule has 0 aromatic rings. The van der Waals surface area contributed by atoms with E-state index in [-0.39, 0.29) is 0 Å². The van der Waals surface area contributed by atoms with Gasteiger partial charge in [0, 0.05) is 13.6 Å². The first-order valence-corrected chi connectivity index (χ1v) is 5.66. The van der Waals surface area contributed by atoms with Crippen molar-refractivity contribution in [1.82, 2.24) is 10.6 Å². The summed E-state index contributed by atoms with van der Waals surface area (Å²) in [5.41, 5.74) is 0. The van der Waals surface area contributed by atoms with Crippen molar-refractivity contribution < 1.29 is 0 Å². The van der Waals surface area contributed by atoms with Crippen molar-refractivity contribution in [3.63, 3.8) is 0 Å². The normalized spacial score (nSPS) is 36.2. The summed E-state index contributed by atoms with van der Waals surface area (Å²) in [4.78, 5) is 0. The SMILES string of the molecule is CNC(=S)NCC1CC2CCC1C2. The Morgan fingerprint density at radius 1 is 1.38 bits per heavy atom. The van der Waals surface area contributed by atoms with E-state index in [4.69, 9.17) is 12.2 Å². The van der Waals surface area contributed by atoms with E-state index in [0.29, 0.717) is 0 Å². The Morgan fingerprint density at radius 2 is 2.23 bits per heavy atom. The molecular weight excluding hydrogens is 180 g/mol. The zero-order valence-electron chi connectivity index (χ0n) is 8.18. The highest BCUT2D eigenvalue weighted by molar-refractivity contribution is 7.80. The Hall–Kier alpha value is -0.310. The van der Waals surface area contributed by atoms with E-state index in [1.807, 2.05) is 7.05 Å². The lowest BCUT2D eigenvalue weighted by Crippen LogP contribution is -2.37. The second-order valence-electron chi connectivity index (χ2n) is 4.39. The Balaban J connectivity index is 1.74. The van der Waals surface area contributed by atoms with Gasteiger partial charge in [-0.25, -0.2) is 0 Å². The third-order valence-corrected chi connectivity index (χ3v) is 3.98. The van der Waals surface area contributed by atoms with Gasteiger partial charge in [0.05, 0.1) is 0 Å². The van der Waals surface area contributed by atoms with Crippen LogP contribution in [-0.2, 0) is 0 Å². The van der Waals surface area contributed by atoms with Gasteiger partial charge in [0.2, 0.25) is 0 Å². The maximum absolute atomic E-state index is 5.05. The number of hydrogen-bond donors (Lipinski definition) is 2. The monoisotopic (exact) mass is 198 g/mol.